The molecule has 1 amide bonds. The average molecular weight is 264 g/mol. The van der Waals surface area contributed by atoms with Gasteiger partial charge >= 0.3 is 0 Å². The molecular weight excluding hydrogens is 248 g/mol. The molecule has 2 rings (SSSR count). The summed E-state index contributed by atoms with van der Waals surface area (Å²) in [5.74, 6) is 0.130. The number of anilines is 1. The van der Waals surface area contributed by atoms with Gasteiger partial charge in [-0.2, -0.15) is 0 Å². The number of carbonyl (C=O) groups is 1. The van der Waals surface area contributed by atoms with Crippen molar-refractivity contribution in [1.29, 1.82) is 0 Å². The number of pyridine rings is 1. The summed E-state index contributed by atoms with van der Waals surface area (Å²) in [4.78, 5) is 20.1. The molecule has 0 spiro atoms. The summed E-state index contributed by atoms with van der Waals surface area (Å²) < 4.78 is 0. The van der Waals surface area contributed by atoms with Gasteiger partial charge in [0.05, 0.1) is 24.1 Å². The summed E-state index contributed by atoms with van der Waals surface area (Å²) in [6.45, 7) is 2.04. The fourth-order valence-corrected chi connectivity index (χ4v) is 2.05. The molecule has 0 atom stereocenters. The van der Waals surface area contributed by atoms with E-state index in [1.165, 1.54) is 0 Å². The van der Waals surface area contributed by atoms with Crippen LogP contribution in [-0.2, 0) is 4.79 Å². The van der Waals surface area contributed by atoms with Crippen LogP contribution in [-0.4, -0.2) is 47.5 Å². The molecule has 1 aromatic rings. The van der Waals surface area contributed by atoms with E-state index in [-0.39, 0.29) is 10.9 Å². The molecule has 1 saturated heterocycles. The molecule has 0 aliphatic carbocycles. The largest absolute Gasteiger partial charge is 0.388 e. The number of likely N-dealkylation sites (N-methyl/N-ethyl adjacent to an activating group) is 1. The Morgan fingerprint density at radius 2 is 2.22 bits per heavy atom. The smallest absolute Gasteiger partial charge is 0.241 e. The first kappa shape index (κ1) is 12.8. The van der Waals surface area contributed by atoms with Crippen molar-refractivity contribution in [3.05, 3.63) is 24.0 Å². The van der Waals surface area contributed by atoms with Gasteiger partial charge in [-0.15, -0.1) is 0 Å². The Hall–Kier alpha value is -1.69. The zero-order chi connectivity index (χ0) is 13.1. The van der Waals surface area contributed by atoms with Crippen molar-refractivity contribution >= 4 is 28.8 Å². The molecule has 1 fully saturated rings. The van der Waals surface area contributed by atoms with Crippen LogP contribution in [0.25, 0.3) is 0 Å². The minimum atomic E-state index is 0.130. The molecule has 0 bridgehead atoms. The third-order valence-corrected chi connectivity index (χ3v) is 3.25. The van der Waals surface area contributed by atoms with Gasteiger partial charge in [-0.25, -0.2) is 0 Å². The molecule has 18 heavy (non-hydrogen) atoms. The van der Waals surface area contributed by atoms with Gasteiger partial charge in [-0.05, 0) is 18.6 Å². The molecule has 0 radical (unpaired) electrons. The monoisotopic (exact) mass is 264 g/mol. The Labute approximate surface area is 112 Å². The number of amides is 1. The lowest BCUT2D eigenvalue weighted by Gasteiger charge is -2.21. The molecule has 1 aromatic heterocycles. The Morgan fingerprint density at radius 1 is 1.44 bits per heavy atom. The Balaban J connectivity index is 2.15. The number of aromatic nitrogens is 1. The van der Waals surface area contributed by atoms with Crippen molar-refractivity contribution in [2.45, 2.75) is 6.42 Å². The zero-order valence-electron chi connectivity index (χ0n) is 10.3. The quantitative estimate of drug-likeness (QED) is 0.783. The van der Waals surface area contributed by atoms with Crippen LogP contribution in [0.3, 0.4) is 0 Å². The van der Waals surface area contributed by atoms with Crippen LogP contribution >= 0.6 is 12.2 Å². The van der Waals surface area contributed by atoms with Crippen LogP contribution < -0.4 is 10.6 Å². The normalized spacial score (nSPS) is 16.6. The summed E-state index contributed by atoms with van der Waals surface area (Å²) in [7, 11) is 1.83. The maximum atomic E-state index is 11.8. The molecule has 1 aliphatic rings. The van der Waals surface area contributed by atoms with Gasteiger partial charge in [0.1, 0.15) is 4.99 Å². The van der Waals surface area contributed by atoms with E-state index < -0.39 is 0 Å². The summed E-state index contributed by atoms with van der Waals surface area (Å²) in [6.07, 6.45) is 2.67. The first-order valence-electron chi connectivity index (χ1n) is 5.82. The number of thiocarbonyl (C=S) groups is 1. The van der Waals surface area contributed by atoms with Crippen molar-refractivity contribution in [2.24, 2.45) is 5.73 Å². The minimum Gasteiger partial charge on any atom is -0.388 e. The Kier molecular flexibility index (Phi) is 3.76. The van der Waals surface area contributed by atoms with E-state index in [2.05, 4.69) is 4.98 Å². The number of nitrogens with two attached hydrogens (primary N) is 1. The van der Waals surface area contributed by atoms with E-state index in [9.17, 15) is 4.79 Å². The highest BCUT2D eigenvalue weighted by Gasteiger charge is 2.19. The molecule has 2 heterocycles. The molecule has 6 heteroatoms. The predicted molar refractivity (Wildman–Crippen MR) is 74.6 cm³/mol. The highest BCUT2D eigenvalue weighted by atomic mass is 32.1. The fourth-order valence-electron chi connectivity index (χ4n) is 1.93. The van der Waals surface area contributed by atoms with E-state index in [1.807, 2.05) is 18.0 Å². The standard InChI is InChI=1S/C12H16N4OS/c1-15-5-2-6-16(8-11(15)17)9-3-4-10(12(13)18)14-7-9/h3-4,7H,2,5-6,8H2,1H3,(H2,13,18). The lowest BCUT2D eigenvalue weighted by Crippen LogP contribution is -2.34. The number of hydrogen-bond acceptors (Lipinski definition) is 4. The molecule has 0 aromatic carbocycles. The predicted octanol–water partition coefficient (Wildman–Crippen LogP) is 0.384. The average Bonchev–Trinajstić information content (AvgIpc) is 2.52. The van der Waals surface area contributed by atoms with Crippen LogP contribution in [0.2, 0.25) is 0 Å². The van der Waals surface area contributed by atoms with Crippen molar-refractivity contribution in [2.75, 3.05) is 31.6 Å². The minimum absolute atomic E-state index is 0.130. The van der Waals surface area contributed by atoms with Crippen LogP contribution in [0.4, 0.5) is 5.69 Å². The zero-order valence-corrected chi connectivity index (χ0v) is 11.1. The lowest BCUT2D eigenvalue weighted by molar-refractivity contribution is -0.127. The molecule has 0 unspecified atom stereocenters. The second-order valence-electron chi connectivity index (χ2n) is 4.36. The van der Waals surface area contributed by atoms with E-state index >= 15 is 0 Å². The summed E-state index contributed by atoms with van der Waals surface area (Å²) in [6, 6.07) is 3.69. The topological polar surface area (TPSA) is 62.5 Å². The second-order valence-corrected chi connectivity index (χ2v) is 4.80. The lowest BCUT2D eigenvalue weighted by atomic mass is 10.3. The number of hydrogen-bond donors (Lipinski definition) is 1. The van der Waals surface area contributed by atoms with E-state index in [4.69, 9.17) is 18.0 Å². The first-order valence-corrected chi connectivity index (χ1v) is 6.23. The maximum Gasteiger partial charge on any atom is 0.241 e. The molecule has 2 N–H and O–H groups in total. The summed E-state index contributed by atoms with van der Waals surface area (Å²) in [5.41, 5.74) is 7.04. The highest BCUT2D eigenvalue weighted by Crippen LogP contribution is 2.15. The van der Waals surface area contributed by atoms with Crippen LogP contribution in [0.1, 0.15) is 12.1 Å². The number of carbonyl (C=O) groups excluding carboxylic acids is 1. The van der Waals surface area contributed by atoms with Crippen molar-refractivity contribution in [1.82, 2.24) is 9.88 Å². The Morgan fingerprint density at radius 3 is 2.83 bits per heavy atom. The van der Waals surface area contributed by atoms with Crippen molar-refractivity contribution in [3.63, 3.8) is 0 Å². The van der Waals surface area contributed by atoms with Gasteiger partial charge in [0.15, 0.2) is 0 Å². The van der Waals surface area contributed by atoms with Crippen LogP contribution in [0.15, 0.2) is 18.3 Å². The van der Waals surface area contributed by atoms with E-state index in [0.29, 0.717) is 12.2 Å². The van der Waals surface area contributed by atoms with Crippen LogP contribution in [0, 0.1) is 0 Å². The maximum absolute atomic E-state index is 11.8. The van der Waals surface area contributed by atoms with E-state index in [1.54, 1.807) is 17.2 Å². The van der Waals surface area contributed by atoms with Gasteiger partial charge in [0.25, 0.3) is 0 Å². The third-order valence-electron chi connectivity index (χ3n) is 3.04. The van der Waals surface area contributed by atoms with Gasteiger partial charge < -0.3 is 15.5 Å². The van der Waals surface area contributed by atoms with Gasteiger partial charge in [-0.3, -0.25) is 9.78 Å². The van der Waals surface area contributed by atoms with E-state index in [0.717, 1.165) is 25.2 Å². The highest BCUT2D eigenvalue weighted by molar-refractivity contribution is 7.80. The van der Waals surface area contributed by atoms with Crippen molar-refractivity contribution < 1.29 is 4.79 Å². The molecule has 0 saturated carbocycles. The third kappa shape index (κ3) is 2.76. The molecule has 1 aliphatic heterocycles. The summed E-state index contributed by atoms with van der Waals surface area (Å²) in [5, 5.41) is 0. The van der Waals surface area contributed by atoms with Gasteiger partial charge in [0.2, 0.25) is 5.91 Å². The first-order chi connectivity index (χ1) is 8.58. The fraction of sp³-hybridized carbons (Fsp3) is 0.417. The second kappa shape index (κ2) is 5.30. The molecular formula is C12H16N4OS. The molecule has 5 nitrogen and oxygen atoms in total. The number of rotatable bonds is 2. The number of nitrogens with zero attached hydrogens (tertiary/aromatic N) is 3. The SMILES string of the molecule is CN1CCCN(c2ccc(C(N)=S)nc2)CC1=O. The summed E-state index contributed by atoms with van der Waals surface area (Å²) >= 11 is 4.86. The van der Waals surface area contributed by atoms with Crippen LogP contribution in [0.5, 0.6) is 0 Å². The molecule has 96 valence electrons. The van der Waals surface area contributed by atoms with Crippen molar-refractivity contribution in [3.8, 4) is 0 Å². The van der Waals surface area contributed by atoms with Gasteiger partial charge in [0, 0.05) is 20.1 Å². The Bertz CT molecular complexity index is 460. The van der Waals surface area contributed by atoms with Gasteiger partial charge in [-0.1, -0.05) is 12.2 Å².